The normalized spacial score (nSPS) is 19.0. The fourth-order valence-corrected chi connectivity index (χ4v) is 2.50. The monoisotopic (exact) mass is 316 g/mol. The van der Waals surface area contributed by atoms with E-state index in [4.69, 9.17) is 18.9 Å². The Morgan fingerprint density at radius 3 is 2.35 bits per heavy atom. The molecule has 0 amide bonds. The number of ether oxygens (including phenoxy) is 4. The summed E-state index contributed by atoms with van der Waals surface area (Å²) in [4.78, 5) is 11.6. The molecule has 0 fully saturated rings. The third-order valence-corrected chi connectivity index (χ3v) is 3.62. The van der Waals surface area contributed by atoms with Gasteiger partial charge in [0.05, 0.1) is 14.2 Å². The predicted octanol–water partition coefficient (Wildman–Crippen LogP) is 2.67. The Kier molecular flexibility index (Phi) is 3.97. The standard InChI is InChI=1S/C17H16O6/c1-20-10-7-8-11(14(9-10)21-2)15-16(17(18)19)23-13-6-4-3-5-12(13)22-15/h3-9,15-16H,1-2H3,(H,18,19). The van der Waals surface area contributed by atoms with Crippen LogP contribution in [0.15, 0.2) is 42.5 Å². The van der Waals surface area contributed by atoms with Crippen LogP contribution in [-0.4, -0.2) is 31.4 Å². The number of carboxylic acid groups (broad SMARTS) is 1. The van der Waals surface area contributed by atoms with E-state index in [9.17, 15) is 9.90 Å². The number of aliphatic carboxylic acids is 1. The molecule has 1 heterocycles. The van der Waals surface area contributed by atoms with Crippen LogP contribution in [0.5, 0.6) is 23.0 Å². The van der Waals surface area contributed by atoms with E-state index >= 15 is 0 Å². The minimum absolute atomic E-state index is 0.406. The molecule has 3 rings (SSSR count). The third kappa shape index (κ3) is 2.75. The van der Waals surface area contributed by atoms with Crippen molar-refractivity contribution in [2.75, 3.05) is 14.2 Å². The van der Waals surface area contributed by atoms with Crippen molar-refractivity contribution in [3.63, 3.8) is 0 Å². The van der Waals surface area contributed by atoms with Crippen molar-refractivity contribution in [2.24, 2.45) is 0 Å². The maximum atomic E-state index is 11.6. The van der Waals surface area contributed by atoms with Gasteiger partial charge in [-0.1, -0.05) is 12.1 Å². The Morgan fingerprint density at radius 1 is 1.04 bits per heavy atom. The van der Waals surface area contributed by atoms with Crippen LogP contribution in [-0.2, 0) is 4.79 Å². The molecule has 0 spiro atoms. The quantitative estimate of drug-likeness (QED) is 0.935. The highest BCUT2D eigenvalue weighted by molar-refractivity contribution is 5.75. The summed E-state index contributed by atoms with van der Waals surface area (Å²) in [5.74, 6) is 0.872. The van der Waals surface area contributed by atoms with Gasteiger partial charge >= 0.3 is 5.97 Å². The SMILES string of the molecule is COc1ccc(C2Oc3ccccc3OC2C(=O)O)c(OC)c1. The van der Waals surface area contributed by atoms with Crippen LogP contribution in [0.4, 0.5) is 0 Å². The lowest BCUT2D eigenvalue weighted by molar-refractivity contribution is -0.151. The van der Waals surface area contributed by atoms with Crippen LogP contribution < -0.4 is 18.9 Å². The molecule has 23 heavy (non-hydrogen) atoms. The second-order valence-electron chi connectivity index (χ2n) is 4.97. The Balaban J connectivity index is 2.05. The summed E-state index contributed by atoms with van der Waals surface area (Å²) in [6.07, 6.45) is -2.00. The fourth-order valence-electron chi connectivity index (χ4n) is 2.50. The van der Waals surface area contributed by atoms with E-state index < -0.39 is 18.2 Å². The number of hydrogen-bond acceptors (Lipinski definition) is 5. The zero-order valence-electron chi connectivity index (χ0n) is 12.7. The van der Waals surface area contributed by atoms with Gasteiger partial charge in [0.2, 0.25) is 6.10 Å². The summed E-state index contributed by atoms with van der Waals surface area (Å²) in [5, 5.41) is 9.49. The van der Waals surface area contributed by atoms with E-state index in [0.29, 0.717) is 28.6 Å². The van der Waals surface area contributed by atoms with Crippen LogP contribution >= 0.6 is 0 Å². The first-order valence-corrected chi connectivity index (χ1v) is 7.01. The zero-order valence-corrected chi connectivity index (χ0v) is 12.7. The summed E-state index contributed by atoms with van der Waals surface area (Å²) in [7, 11) is 3.05. The topological polar surface area (TPSA) is 74.2 Å². The average Bonchev–Trinajstić information content (AvgIpc) is 2.59. The lowest BCUT2D eigenvalue weighted by atomic mass is 10.0. The third-order valence-electron chi connectivity index (χ3n) is 3.62. The molecule has 2 aromatic rings. The summed E-state index contributed by atoms with van der Waals surface area (Å²) in [6, 6.07) is 12.1. The van der Waals surface area contributed by atoms with Crippen molar-refractivity contribution in [3.05, 3.63) is 48.0 Å². The number of methoxy groups -OCH3 is 2. The highest BCUT2D eigenvalue weighted by Crippen LogP contribution is 2.42. The van der Waals surface area contributed by atoms with Gasteiger partial charge in [0.25, 0.3) is 0 Å². The van der Waals surface area contributed by atoms with Gasteiger partial charge < -0.3 is 24.1 Å². The molecule has 6 nitrogen and oxygen atoms in total. The Labute approximate surface area is 133 Å². The number of carboxylic acids is 1. The Bertz CT molecular complexity index is 727. The number of rotatable bonds is 4. The van der Waals surface area contributed by atoms with Gasteiger partial charge in [-0.25, -0.2) is 4.79 Å². The van der Waals surface area contributed by atoms with Crippen LogP contribution in [0.2, 0.25) is 0 Å². The number of hydrogen-bond donors (Lipinski definition) is 1. The van der Waals surface area contributed by atoms with Gasteiger partial charge in [-0.2, -0.15) is 0 Å². The maximum Gasteiger partial charge on any atom is 0.349 e. The van der Waals surface area contributed by atoms with Crippen molar-refractivity contribution in [1.82, 2.24) is 0 Å². The van der Waals surface area contributed by atoms with Gasteiger partial charge in [0, 0.05) is 11.6 Å². The van der Waals surface area contributed by atoms with E-state index in [1.807, 2.05) is 0 Å². The van der Waals surface area contributed by atoms with Gasteiger partial charge in [-0.3, -0.25) is 0 Å². The number of fused-ring (bicyclic) bond motifs is 1. The largest absolute Gasteiger partial charge is 0.497 e. The highest BCUT2D eigenvalue weighted by atomic mass is 16.6. The Morgan fingerprint density at radius 2 is 1.74 bits per heavy atom. The first-order valence-electron chi connectivity index (χ1n) is 7.01. The number of benzene rings is 2. The first-order chi connectivity index (χ1) is 11.1. The minimum Gasteiger partial charge on any atom is -0.497 e. The molecule has 120 valence electrons. The number of carbonyl (C=O) groups is 1. The molecule has 1 aliphatic rings. The molecule has 1 aliphatic heterocycles. The molecule has 0 saturated carbocycles. The van der Waals surface area contributed by atoms with Crippen LogP contribution in [0.1, 0.15) is 11.7 Å². The molecule has 0 bridgehead atoms. The van der Waals surface area contributed by atoms with E-state index in [1.54, 1.807) is 49.6 Å². The van der Waals surface area contributed by atoms with Crippen LogP contribution in [0.25, 0.3) is 0 Å². The van der Waals surface area contributed by atoms with E-state index in [-0.39, 0.29) is 0 Å². The highest BCUT2D eigenvalue weighted by Gasteiger charge is 2.39. The van der Waals surface area contributed by atoms with Crippen molar-refractivity contribution < 1.29 is 28.8 Å². The molecule has 0 aliphatic carbocycles. The maximum absolute atomic E-state index is 11.6. The summed E-state index contributed by atoms with van der Waals surface area (Å²) in [5.41, 5.74) is 0.579. The van der Waals surface area contributed by atoms with Gasteiger partial charge in [0.15, 0.2) is 17.6 Å². The molecule has 2 unspecified atom stereocenters. The van der Waals surface area contributed by atoms with Gasteiger partial charge in [-0.15, -0.1) is 0 Å². The summed E-state index contributed by atoms with van der Waals surface area (Å²) < 4.78 is 22.0. The smallest absolute Gasteiger partial charge is 0.349 e. The van der Waals surface area contributed by atoms with Crippen molar-refractivity contribution in [3.8, 4) is 23.0 Å². The molecule has 2 aromatic carbocycles. The fraction of sp³-hybridized carbons (Fsp3) is 0.235. The van der Waals surface area contributed by atoms with Crippen LogP contribution in [0, 0.1) is 0 Å². The zero-order chi connectivity index (χ0) is 16.4. The van der Waals surface area contributed by atoms with E-state index in [1.165, 1.54) is 7.11 Å². The number of para-hydroxylation sites is 2. The molecular formula is C17H16O6. The van der Waals surface area contributed by atoms with E-state index in [0.717, 1.165) is 0 Å². The van der Waals surface area contributed by atoms with Crippen LogP contribution in [0.3, 0.4) is 0 Å². The second kappa shape index (κ2) is 6.08. The second-order valence-corrected chi connectivity index (χ2v) is 4.97. The van der Waals surface area contributed by atoms with Crippen molar-refractivity contribution in [1.29, 1.82) is 0 Å². The predicted molar refractivity (Wildman–Crippen MR) is 81.4 cm³/mol. The molecule has 6 heteroatoms. The Hall–Kier alpha value is -2.89. The summed E-state index contributed by atoms with van der Waals surface area (Å²) >= 11 is 0. The first kappa shape index (κ1) is 15.0. The van der Waals surface area contributed by atoms with Gasteiger partial charge in [0.1, 0.15) is 11.5 Å². The molecule has 0 aromatic heterocycles. The molecule has 0 radical (unpaired) electrons. The van der Waals surface area contributed by atoms with E-state index in [2.05, 4.69) is 0 Å². The van der Waals surface area contributed by atoms with Gasteiger partial charge in [-0.05, 0) is 24.3 Å². The molecule has 1 N–H and O–H groups in total. The van der Waals surface area contributed by atoms with Crippen molar-refractivity contribution >= 4 is 5.97 Å². The lowest BCUT2D eigenvalue weighted by Crippen LogP contribution is -2.39. The molecular weight excluding hydrogens is 300 g/mol. The minimum atomic E-state index is -1.17. The lowest BCUT2D eigenvalue weighted by Gasteiger charge is -2.32. The average molecular weight is 316 g/mol. The van der Waals surface area contributed by atoms with Crippen molar-refractivity contribution in [2.45, 2.75) is 12.2 Å². The summed E-state index contributed by atoms with van der Waals surface area (Å²) in [6.45, 7) is 0. The molecule has 0 saturated heterocycles. The molecule has 2 atom stereocenters.